The van der Waals surface area contributed by atoms with E-state index in [-0.39, 0.29) is 0 Å². The van der Waals surface area contributed by atoms with Gasteiger partial charge in [0.2, 0.25) is 0 Å². The number of fused-ring (bicyclic) bond motifs is 3. The van der Waals surface area contributed by atoms with Crippen LogP contribution in [0.4, 0.5) is 0 Å². The number of rotatable bonds is 0. The molecule has 0 radical (unpaired) electrons. The molecule has 1 aliphatic rings. The number of nitrogens with zero attached hydrogens (tertiary/aromatic N) is 1. The molecule has 0 bridgehead atoms. The van der Waals surface area contributed by atoms with Crippen LogP contribution in [-0.4, -0.2) is 6.21 Å². The maximum atomic E-state index is 5.97. The van der Waals surface area contributed by atoms with Crippen LogP contribution >= 0.6 is 22.9 Å². The second-order valence-corrected chi connectivity index (χ2v) is 4.79. The Hall–Kier alpha value is -1.06. The summed E-state index contributed by atoms with van der Waals surface area (Å²) in [7, 11) is 0. The third-order valence-electron chi connectivity index (χ3n) is 2.27. The van der Waals surface area contributed by atoms with Crippen LogP contribution in [0.25, 0.3) is 10.1 Å². The third kappa shape index (κ3) is 1.13. The zero-order chi connectivity index (χ0) is 9.54. The fourth-order valence-corrected chi connectivity index (χ4v) is 2.88. The maximum absolute atomic E-state index is 5.97. The largest absolute Gasteiger partial charge is 0.391 e. The standard InChI is InChI=1S/C10H6ClNOS/c11-9-3-6-1-2-7-4-12-13-5-8(7)10(6)14-9/h1-4H,5H2. The Morgan fingerprint density at radius 1 is 1.43 bits per heavy atom. The number of oxime groups is 1. The molecule has 1 aromatic heterocycles. The number of halogens is 1. The van der Waals surface area contributed by atoms with Gasteiger partial charge in [-0.25, -0.2) is 0 Å². The molecule has 1 aliphatic heterocycles. The molecule has 0 aliphatic carbocycles. The monoisotopic (exact) mass is 223 g/mol. The molecule has 0 amide bonds. The molecule has 2 heterocycles. The summed E-state index contributed by atoms with van der Waals surface area (Å²) in [5, 5.41) is 4.96. The highest BCUT2D eigenvalue weighted by Crippen LogP contribution is 2.34. The summed E-state index contributed by atoms with van der Waals surface area (Å²) < 4.78 is 2.02. The van der Waals surface area contributed by atoms with Gasteiger partial charge in [0.05, 0.1) is 10.6 Å². The highest BCUT2D eigenvalue weighted by Gasteiger charge is 2.12. The second-order valence-electron chi connectivity index (χ2n) is 3.11. The van der Waals surface area contributed by atoms with Gasteiger partial charge in [-0.1, -0.05) is 28.9 Å². The summed E-state index contributed by atoms with van der Waals surface area (Å²) in [6.45, 7) is 0.542. The van der Waals surface area contributed by atoms with Gasteiger partial charge in [-0.2, -0.15) is 0 Å². The van der Waals surface area contributed by atoms with Crippen LogP contribution in [0, 0.1) is 0 Å². The van der Waals surface area contributed by atoms with Crippen molar-refractivity contribution in [1.29, 1.82) is 0 Å². The summed E-state index contributed by atoms with van der Waals surface area (Å²) in [6.07, 6.45) is 1.74. The Morgan fingerprint density at radius 2 is 2.36 bits per heavy atom. The topological polar surface area (TPSA) is 21.6 Å². The highest BCUT2D eigenvalue weighted by atomic mass is 35.5. The molecule has 0 saturated heterocycles. The molecule has 70 valence electrons. The van der Waals surface area contributed by atoms with Crippen molar-refractivity contribution in [3.8, 4) is 0 Å². The first-order valence-electron chi connectivity index (χ1n) is 4.21. The van der Waals surface area contributed by atoms with E-state index in [9.17, 15) is 0 Å². The number of thiophene rings is 1. The molecule has 2 aromatic rings. The van der Waals surface area contributed by atoms with E-state index in [0.29, 0.717) is 6.61 Å². The van der Waals surface area contributed by atoms with Crippen LogP contribution in [-0.2, 0) is 11.4 Å². The van der Waals surface area contributed by atoms with Crippen LogP contribution in [0.1, 0.15) is 11.1 Å². The summed E-state index contributed by atoms with van der Waals surface area (Å²) in [5.74, 6) is 0. The van der Waals surface area contributed by atoms with Gasteiger partial charge in [0.1, 0.15) is 6.61 Å². The minimum atomic E-state index is 0.542. The average Bonchev–Trinajstić information content (AvgIpc) is 2.59. The van der Waals surface area contributed by atoms with Gasteiger partial charge in [-0.05, 0) is 11.5 Å². The molecular weight excluding hydrogens is 218 g/mol. The van der Waals surface area contributed by atoms with Crippen LogP contribution in [0.2, 0.25) is 4.34 Å². The normalized spacial score (nSPS) is 14.1. The zero-order valence-electron chi connectivity index (χ0n) is 7.16. The predicted octanol–water partition coefficient (Wildman–Crippen LogP) is 3.42. The summed E-state index contributed by atoms with van der Waals surface area (Å²) in [4.78, 5) is 5.05. The SMILES string of the molecule is Clc1cc2ccc3c(c2s1)CON=C3. The van der Waals surface area contributed by atoms with E-state index in [0.717, 1.165) is 9.90 Å². The van der Waals surface area contributed by atoms with E-state index in [1.54, 1.807) is 17.6 Å². The second kappa shape index (κ2) is 2.97. The minimum absolute atomic E-state index is 0.542. The first kappa shape index (κ1) is 8.26. The van der Waals surface area contributed by atoms with Crippen molar-refractivity contribution in [3.63, 3.8) is 0 Å². The zero-order valence-corrected chi connectivity index (χ0v) is 8.73. The van der Waals surface area contributed by atoms with Crippen molar-refractivity contribution in [2.24, 2.45) is 5.16 Å². The van der Waals surface area contributed by atoms with Crippen molar-refractivity contribution in [3.05, 3.63) is 33.7 Å². The molecule has 3 rings (SSSR count). The van der Waals surface area contributed by atoms with Gasteiger partial charge in [-0.15, -0.1) is 11.3 Å². The van der Waals surface area contributed by atoms with Gasteiger partial charge in [0, 0.05) is 15.8 Å². The maximum Gasteiger partial charge on any atom is 0.144 e. The van der Waals surface area contributed by atoms with Crippen molar-refractivity contribution < 1.29 is 4.84 Å². The predicted molar refractivity (Wildman–Crippen MR) is 59.2 cm³/mol. The smallest absolute Gasteiger partial charge is 0.144 e. The Kier molecular flexibility index (Phi) is 1.75. The minimum Gasteiger partial charge on any atom is -0.391 e. The van der Waals surface area contributed by atoms with Gasteiger partial charge < -0.3 is 4.84 Å². The van der Waals surface area contributed by atoms with Gasteiger partial charge in [-0.3, -0.25) is 0 Å². The van der Waals surface area contributed by atoms with Crippen LogP contribution < -0.4 is 0 Å². The van der Waals surface area contributed by atoms with Gasteiger partial charge in [0.15, 0.2) is 0 Å². The summed E-state index contributed by atoms with van der Waals surface area (Å²) in [5.41, 5.74) is 2.32. The van der Waals surface area contributed by atoms with Gasteiger partial charge in [0.25, 0.3) is 0 Å². The molecule has 0 atom stereocenters. The van der Waals surface area contributed by atoms with E-state index in [1.165, 1.54) is 15.6 Å². The molecular formula is C10H6ClNOS. The van der Waals surface area contributed by atoms with Crippen LogP contribution in [0.3, 0.4) is 0 Å². The van der Waals surface area contributed by atoms with E-state index < -0.39 is 0 Å². The Bertz CT molecular complexity index is 532. The summed E-state index contributed by atoms with van der Waals surface area (Å²) in [6, 6.07) is 6.09. The molecule has 0 N–H and O–H groups in total. The number of benzene rings is 1. The van der Waals surface area contributed by atoms with E-state index in [4.69, 9.17) is 16.4 Å². The first-order valence-corrected chi connectivity index (χ1v) is 5.40. The van der Waals surface area contributed by atoms with Crippen LogP contribution in [0.15, 0.2) is 23.4 Å². The van der Waals surface area contributed by atoms with E-state index in [1.807, 2.05) is 12.1 Å². The Balaban J connectivity index is 2.40. The molecule has 4 heteroatoms. The lowest BCUT2D eigenvalue weighted by molar-refractivity contribution is 0.129. The number of hydrogen-bond donors (Lipinski definition) is 0. The Labute approximate surface area is 89.7 Å². The summed E-state index contributed by atoms with van der Waals surface area (Å²) >= 11 is 7.56. The van der Waals surface area contributed by atoms with Gasteiger partial charge >= 0.3 is 0 Å². The third-order valence-corrected chi connectivity index (χ3v) is 3.61. The molecule has 0 fully saturated rings. The van der Waals surface area contributed by atoms with E-state index >= 15 is 0 Å². The lowest BCUT2D eigenvalue weighted by Crippen LogP contribution is -2.00. The fraction of sp³-hybridized carbons (Fsp3) is 0.100. The molecule has 0 unspecified atom stereocenters. The quantitative estimate of drug-likeness (QED) is 0.671. The molecule has 14 heavy (non-hydrogen) atoms. The lowest BCUT2D eigenvalue weighted by atomic mass is 10.1. The van der Waals surface area contributed by atoms with Crippen molar-refractivity contribution in [2.75, 3.05) is 0 Å². The highest BCUT2D eigenvalue weighted by molar-refractivity contribution is 7.22. The molecule has 0 spiro atoms. The first-order chi connectivity index (χ1) is 6.84. The van der Waals surface area contributed by atoms with E-state index in [2.05, 4.69) is 11.2 Å². The molecule has 0 saturated carbocycles. The fourth-order valence-electron chi connectivity index (χ4n) is 1.61. The molecule has 1 aromatic carbocycles. The van der Waals surface area contributed by atoms with Crippen molar-refractivity contribution in [1.82, 2.24) is 0 Å². The molecule has 2 nitrogen and oxygen atoms in total. The number of hydrogen-bond acceptors (Lipinski definition) is 3. The average molecular weight is 224 g/mol. The lowest BCUT2D eigenvalue weighted by Gasteiger charge is -2.10. The van der Waals surface area contributed by atoms with Crippen molar-refractivity contribution in [2.45, 2.75) is 6.61 Å². The van der Waals surface area contributed by atoms with Crippen molar-refractivity contribution >= 4 is 39.2 Å². The Morgan fingerprint density at radius 3 is 3.29 bits per heavy atom. The van der Waals surface area contributed by atoms with Crippen LogP contribution in [0.5, 0.6) is 0 Å².